The third kappa shape index (κ3) is 4.17. The van der Waals surface area contributed by atoms with Gasteiger partial charge in [-0.3, -0.25) is 0 Å². The SMILES string of the molecule is CN(C)CC(NCc1ccc(C#N)s1)c1ccccc1. The minimum absolute atomic E-state index is 0.291. The predicted molar refractivity (Wildman–Crippen MR) is 83.6 cm³/mol. The lowest BCUT2D eigenvalue weighted by atomic mass is 10.1. The van der Waals surface area contributed by atoms with Crippen LogP contribution in [0.1, 0.15) is 21.4 Å². The number of nitriles is 1. The molecule has 1 heterocycles. The standard InChI is InChI=1S/C16H19N3S/c1-19(2)12-16(13-6-4-3-5-7-13)18-11-15-9-8-14(10-17)20-15/h3-9,16,18H,11-12H2,1-2H3. The number of likely N-dealkylation sites (N-methyl/N-ethyl adjacent to an activating group) is 1. The second-order valence-electron chi connectivity index (χ2n) is 4.98. The molecule has 0 saturated carbocycles. The van der Waals surface area contributed by atoms with E-state index < -0.39 is 0 Å². The van der Waals surface area contributed by atoms with Gasteiger partial charge in [-0.05, 0) is 31.8 Å². The van der Waals surface area contributed by atoms with Crippen LogP contribution in [0.2, 0.25) is 0 Å². The van der Waals surface area contributed by atoms with Gasteiger partial charge < -0.3 is 10.2 Å². The largest absolute Gasteiger partial charge is 0.308 e. The zero-order valence-electron chi connectivity index (χ0n) is 11.8. The average molecular weight is 285 g/mol. The Morgan fingerprint density at radius 3 is 2.55 bits per heavy atom. The number of rotatable bonds is 6. The van der Waals surface area contributed by atoms with Crippen LogP contribution in [-0.4, -0.2) is 25.5 Å². The van der Waals surface area contributed by atoms with Crippen molar-refractivity contribution in [2.45, 2.75) is 12.6 Å². The van der Waals surface area contributed by atoms with E-state index >= 15 is 0 Å². The van der Waals surface area contributed by atoms with Gasteiger partial charge in [0.2, 0.25) is 0 Å². The van der Waals surface area contributed by atoms with Crippen molar-refractivity contribution in [2.75, 3.05) is 20.6 Å². The molecular formula is C16H19N3S. The fourth-order valence-corrected chi connectivity index (χ4v) is 2.85. The molecule has 0 saturated heterocycles. The molecule has 0 radical (unpaired) electrons. The average Bonchev–Trinajstić information content (AvgIpc) is 2.92. The molecule has 0 bridgehead atoms. The summed E-state index contributed by atoms with van der Waals surface area (Å²) in [5, 5.41) is 12.4. The van der Waals surface area contributed by atoms with Crippen molar-refractivity contribution in [2.24, 2.45) is 0 Å². The van der Waals surface area contributed by atoms with E-state index in [-0.39, 0.29) is 0 Å². The third-order valence-electron chi connectivity index (χ3n) is 3.04. The Labute approximate surface area is 124 Å². The molecule has 1 unspecified atom stereocenters. The number of benzene rings is 1. The molecule has 0 aliphatic rings. The molecule has 1 aromatic carbocycles. The first-order chi connectivity index (χ1) is 9.69. The Bertz CT molecular complexity index is 569. The van der Waals surface area contributed by atoms with E-state index in [2.05, 4.69) is 54.6 Å². The summed E-state index contributed by atoms with van der Waals surface area (Å²) in [6.07, 6.45) is 0. The summed E-state index contributed by atoms with van der Waals surface area (Å²) in [4.78, 5) is 4.15. The zero-order chi connectivity index (χ0) is 14.4. The second-order valence-corrected chi connectivity index (χ2v) is 6.15. The van der Waals surface area contributed by atoms with E-state index in [1.165, 1.54) is 10.4 Å². The molecular weight excluding hydrogens is 266 g/mol. The van der Waals surface area contributed by atoms with Gasteiger partial charge in [-0.15, -0.1) is 11.3 Å². The summed E-state index contributed by atoms with van der Waals surface area (Å²) in [6.45, 7) is 1.74. The van der Waals surface area contributed by atoms with Crippen molar-refractivity contribution in [3.63, 3.8) is 0 Å². The molecule has 1 N–H and O–H groups in total. The van der Waals surface area contributed by atoms with E-state index in [0.29, 0.717) is 6.04 Å². The summed E-state index contributed by atoms with van der Waals surface area (Å²) in [5.74, 6) is 0. The highest BCUT2D eigenvalue weighted by molar-refractivity contribution is 7.12. The molecule has 104 valence electrons. The van der Waals surface area contributed by atoms with Crippen LogP contribution >= 0.6 is 11.3 Å². The van der Waals surface area contributed by atoms with Crippen LogP contribution in [0.4, 0.5) is 0 Å². The van der Waals surface area contributed by atoms with Crippen LogP contribution in [0.3, 0.4) is 0 Å². The van der Waals surface area contributed by atoms with Gasteiger partial charge in [0.25, 0.3) is 0 Å². The topological polar surface area (TPSA) is 39.1 Å². The summed E-state index contributed by atoms with van der Waals surface area (Å²) in [6, 6.07) is 16.8. The zero-order valence-corrected chi connectivity index (χ0v) is 12.7. The molecule has 2 aromatic rings. The van der Waals surface area contributed by atoms with Crippen molar-refractivity contribution >= 4 is 11.3 Å². The molecule has 3 nitrogen and oxygen atoms in total. The Morgan fingerprint density at radius 1 is 1.20 bits per heavy atom. The first-order valence-corrected chi connectivity index (χ1v) is 7.42. The maximum atomic E-state index is 8.86. The molecule has 0 aliphatic carbocycles. The smallest absolute Gasteiger partial charge is 0.110 e. The van der Waals surface area contributed by atoms with Gasteiger partial charge in [0, 0.05) is 24.0 Å². The van der Waals surface area contributed by atoms with E-state index in [1.807, 2.05) is 18.2 Å². The maximum absolute atomic E-state index is 8.86. The van der Waals surface area contributed by atoms with E-state index in [1.54, 1.807) is 11.3 Å². The lowest BCUT2D eigenvalue weighted by molar-refractivity contribution is 0.341. The number of thiophene rings is 1. The fourth-order valence-electron chi connectivity index (χ4n) is 2.10. The van der Waals surface area contributed by atoms with Gasteiger partial charge in [0.1, 0.15) is 10.9 Å². The first-order valence-electron chi connectivity index (χ1n) is 6.61. The highest BCUT2D eigenvalue weighted by Gasteiger charge is 2.12. The van der Waals surface area contributed by atoms with Crippen molar-refractivity contribution in [3.05, 3.63) is 57.8 Å². The molecule has 0 aliphatic heterocycles. The van der Waals surface area contributed by atoms with Gasteiger partial charge in [-0.2, -0.15) is 5.26 Å². The molecule has 0 spiro atoms. The Hall–Kier alpha value is -1.67. The van der Waals surface area contributed by atoms with E-state index in [9.17, 15) is 0 Å². The van der Waals surface area contributed by atoms with Crippen molar-refractivity contribution in [3.8, 4) is 6.07 Å². The van der Waals surface area contributed by atoms with Gasteiger partial charge in [0.05, 0.1) is 0 Å². The van der Waals surface area contributed by atoms with Gasteiger partial charge in [-0.1, -0.05) is 30.3 Å². The monoisotopic (exact) mass is 285 g/mol. The minimum atomic E-state index is 0.291. The number of hydrogen-bond donors (Lipinski definition) is 1. The van der Waals surface area contributed by atoms with Crippen LogP contribution in [-0.2, 0) is 6.54 Å². The van der Waals surface area contributed by atoms with Gasteiger partial charge >= 0.3 is 0 Å². The molecule has 20 heavy (non-hydrogen) atoms. The van der Waals surface area contributed by atoms with Gasteiger partial charge in [-0.25, -0.2) is 0 Å². The van der Waals surface area contributed by atoms with Crippen LogP contribution in [0, 0.1) is 11.3 Å². The molecule has 1 aromatic heterocycles. The Balaban J connectivity index is 2.03. The third-order valence-corrected chi connectivity index (χ3v) is 4.03. The maximum Gasteiger partial charge on any atom is 0.110 e. The molecule has 1 atom stereocenters. The van der Waals surface area contributed by atoms with Gasteiger partial charge in [0.15, 0.2) is 0 Å². The van der Waals surface area contributed by atoms with Crippen molar-refractivity contribution in [1.82, 2.24) is 10.2 Å². The fraction of sp³-hybridized carbons (Fsp3) is 0.312. The Morgan fingerprint density at radius 2 is 1.95 bits per heavy atom. The summed E-state index contributed by atoms with van der Waals surface area (Å²) < 4.78 is 0. The molecule has 0 amide bonds. The minimum Gasteiger partial charge on any atom is -0.308 e. The summed E-state index contributed by atoms with van der Waals surface area (Å²) >= 11 is 1.55. The Kier molecular flexibility index (Phi) is 5.31. The van der Waals surface area contributed by atoms with Crippen LogP contribution < -0.4 is 5.32 Å². The van der Waals surface area contributed by atoms with E-state index in [0.717, 1.165) is 18.0 Å². The van der Waals surface area contributed by atoms with E-state index in [4.69, 9.17) is 5.26 Å². The van der Waals surface area contributed by atoms with Crippen LogP contribution in [0.25, 0.3) is 0 Å². The van der Waals surface area contributed by atoms with Crippen molar-refractivity contribution < 1.29 is 0 Å². The molecule has 4 heteroatoms. The lowest BCUT2D eigenvalue weighted by Crippen LogP contribution is -2.30. The normalized spacial score (nSPS) is 12.3. The highest BCUT2D eigenvalue weighted by atomic mass is 32.1. The summed E-state index contributed by atoms with van der Waals surface area (Å²) in [5.41, 5.74) is 1.29. The quantitative estimate of drug-likeness (QED) is 0.886. The number of nitrogens with one attached hydrogen (secondary N) is 1. The van der Waals surface area contributed by atoms with Crippen LogP contribution in [0.15, 0.2) is 42.5 Å². The number of nitrogens with zero attached hydrogens (tertiary/aromatic N) is 2. The first kappa shape index (κ1) is 14.7. The highest BCUT2D eigenvalue weighted by Crippen LogP contribution is 2.18. The number of hydrogen-bond acceptors (Lipinski definition) is 4. The molecule has 0 fully saturated rings. The predicted octanol–water partition coefficient (Wildman–Crippen LogP) is 3.01. The summed E-state index contributed by atoms with van der Waals surface area (Å²) in [7, 11) is 4.16. The lowest BCUT2D eigenvalue weighted by Gasteiger charge is -2.22. The second kappa shape index (κ2) is 7.20. The van der Waals surface area contributed by atoms with Crippen molar-refractivity contribution in [1.29, 1.82) is 5.26 Å². The van der Waals surface area contributed by atoms with Crippen LogP contribution in [0.5, 0.6) is 0 Å². The molecule has 2 rings (SSSR count).